The van der Waals surface area contributed by atoms with Gasteiger partial charge in [0.15, 0.2) is 0 Å². The van der Waals surface area contributed by atoms with E-state index in [-0.39, 0.29) is 24.8 Å². The summed E-state index contributed by atoms with van der Waals surface area (Å²) in [6.07, 6.45) is 9.18. The normalized spacial score (nSPS) is 18.8. The maximum Gasteiger partial charge on any atom is 0.305 e. The molecule has 2 N–H and O–H groups in total. The van der Waals surface area contributed by atoms with Crippen molar-refractivity contribution in [3.05, 3.63) is 0 Å². The molecule has 1 saturated carbocycles. The highest BCUT2D eigenvalue weighted by molar-refractivity contribution is 5.79. The van der Waals surface area contributed by atoms with E-state index >= 15 is 0 Å². The van der Waals surface area contributed by atoms with Gasteiger partial charge in [-0.15, -0.1) is 0 Å². The van der Waals surface area contributed by atoms with Crippen LogP contribution in [0.15, 0.2) is 0 Å². The van der Waals surface area contributed by atoms with Crippen LogP contribution in [0.4, 0.5) is 0 Å². The Morgan fingerprint density at radius 1 is 1.00 bits per heavy atom. The van der Waals surface area contributed by atoms with Crippen molar-refractivity contribution in [1.29, 1.82) is 0 Å². The lowest BCUT2D eigenvalue weighted by molar-refractivity contribution is -0.137. The molecule has 1 fully saturated rings. The van der Waals surface area contributed by atoms with Gasteiger partial charge in [-0.3, -0.25) is 9.59 Å². The molecule has 0 aromatic rings. The van der Waals surface area contributed by atoms with Gasteiger partial charge in [-0.2, -0.15) is 0 Å². The van der Waals surface area contributed by atoms with Crippen molar-refractivity contribution in [3.8, 4) is 0 Å². The smallest absolute Gasteiger partial charge is 0.305 e. The van der Waals surface area contributed by atoms with Crippen molar-refractivity contribution in [2.24, 2.45) is 5.92 Å². The van der Waals surface area contributed by atoms with Crippen LogP contribution in [0.1, 0.15) is 57.8 Å². The summed E-state index contributed by atoms with van der Waals surface area (Å²) in [5.41, 5.74) is 0. The maximum atomic E-state index is 11.9. The molecule has 0 aromatic heterocycles. The fourth-order valence-electron chi connectivity index (χ4n) is 2.33. The molecular formula is C13H23NO3. The molecule has 1 aliphatic rings. The molecule has 0 saturated heterocycles. The molecule has 1 aliphatic carbocycles. The van der Waals surface area contributed by atoms with Gasteiger partial charge >= 0.3 is 5.97 Å². The topological polar surface area (TPSA) is 66.4 Å². The lowest BCUT2D eigenvalue weighted by atomic mass is 9.96. The highest BCUT2D eigenvalue weighted by Crippen LogP contribution is 2.21. The van der Waals surface area contributed by atoms with Crippen LogP contribution in [-0.2, 0) is 9.59 Å². The van der Waals surface area contributed by atoms with Crippen molar-refractivity contribution in [2.75, 3.05) is 6.54 Å². The van der Waals surface area contributed by atoms with Gasteiger partial charge in [-0.1, -0.05) is 38.5 Å². The molecule has 17 heavy (non-hydrogen) atoms. The monoisotopic (exact) mass is 241 g/mol. The summed E-state index contributed by atoms with van der Waals surface area (Å²) < 4.78 is 0. The van der Waals surface area contributed by atoms with Crippen LogP contribution < -0.4 is 5.32 Å². The van der Waals surface area contributed by atoms with Crippen LogP contribution in [0.3, 0.4) is 0 Å². The molecule has 4 nitrogen and oxygen atoms in total. The Morgan fingerprint density at radius 2 is 1.53 bits per heavy atom. The number of carboxylic acid groups (broad SMARTS) is 1. The Kier molecular flexibility index (Phi) is 6.67. The first-order chi connectivity index (χ1) is 8.20. The van der Waals surface area contributed by atoms with Crippen LogP contribution in [0.5, 0.6) is 0 Å². The van der Waals surface area contributed by atoms with Crippen molar-refractivity contribution < 1.29 is 14.7 Å². The molecule has 0 heterocycles. The van der Waals surface area contributed by atoms with Gasteiger partial charge in [0.1, 0.15) is 0 Å². The Balaban J connectivity index is 2.28. The quantitative estimate of drug-likeness (QED) is 0.793. The molecule has 0 spiro atoms. The van der Waals surface area contributed by atoms with Crippen molar-refractivity contribution in [1.82, 2.24) is 5.32 Å². The van der Waals surface area contributed by atoms with E-state index in [4.69, 9.17) is 5.11 Å². The molecule has 0 bridgehead atoms. The molecule has 0 radical (unpaired) electrons. The van der Waals surface area contributed by atoms with Gasteiger partial charge in [0, 0.05) is 12.5 Å². The van der Waals surface area contributed by atoms with Crippen LogP contribution in [0.25, 0.3) is 0 Å². The van der Waals surface area contributed by atoms with E-state index in [0.717, 1.165) is 25.7 Å². The molecule has 98 valence electrons. The summed E-state index contributed by atoms with van der Waals surface area (Å²) in [5.74, 6) is -0.713. The SMILES string of the molecule is O=C(O)CCNC(=O)C1CCCCCCCC1. The molecule has 0 atom stereocenters. The molecule has 0 aliphatic heterocycles. The summed E-state index contributed by atoms with van der Waals surface area (Å²) in [4.78, 5) is 22.2. The lowest BCUT2D eigenvalue weighted by Crippen LogP contribution is -2.32. The number of hydrogen-bond donors (Lipinski definition) is 2. The van der Waals surface area contributed by atoms with Crippen molar-refractivity contribution in [3.63, 3.8) is 0 Å². The molecule has 1 rings (SSSR count). The molecule has 0 unspecified atom stereocenters. The third-order valence-electron chi connectivity index (χ3n) is 3.36. The number of carboxylic acids is 1. The largest absolute Gasteiger partial charge is 0.481 e. The van der Waals surface area contributed by atoms with E-state index in [1.54, 1.807) is 0 Å². The zero-order valence-electron chi connectivity index (χ0n) is 10.4. The first kappa shape index (κ1) is 14.0. The van der Waals surface area contributed by atoms with E-state index in [9.17, 15) is 9.59 Å². The third-order valence-corrected chi connectivity index (χ3v) is 3.36. The standard InChI is InChI=1S/C13H23NO3/c15-12(16)9-10-14-13(17)11-7-5-3-1-2-4-6-8-11/h11H,1-10H2,(H,14,17)(H,15,16). The summed E-state index contributed by atoms with van der Waals surface area (Å²) in [5, 5.41) is 11.2. The van der Waals surface area contributed by atoms with Crippen molar-refractivity contribution in [2.45, 2.75) is 57.8 Å². The average Bonchev–Trinajstić information content (AvgIpc) is 2.41. The zero-order chi connectivity index (χ0) is 12.5. The predicted molar refractivity (Wildman–Crippen MR) is 65.7 cm³/mol. The second-order valence-corrected chi connectivity index (χ2v) is 4.83. The minimum atomic E-state index is -0.861. The number of amides is 1. The van der Waals surface area contributed by atoms with Gasteiger partial charge in [0.25, 0.3) is 0 Å². The second kappa shape index (κ2) is 8.09. The summed E-state index contributed by atoms with van der Waals surface area (Å²) >= 11 is 0. The Hall–Kier alpha value is -1.06. The maximum absolute atomic E-state index is 11.9. The third kappa shape index (κ3) is 6.29. The van der Waals surface area contributed by atoms with Crippen LogP contribution in [-0.4, -0.2) is 23.5 Å². The first-order valence-corrected chi connectivity index (χ1v) is 6.69. The first-order valence-electron chi connectivity index (χ1n) is 6.69. The average molecular weight is 241 g/mol. The zero-order valence-corrected chi connectivity index (χ0v) is 10.4. The van der Waals surface area contributed by atoms with Gasteiger partial charge in [0.2, 0.25) is 5.91 Å². The Bertz CT molecular complexity index is 243. The van der Waals surface area contributed by atoms with E-state index in [1.165, 1.54) is 25.7 Å². The van der Waals surface area contributed by atoms with E-state index in [1.807, 2.05) is 0 Å². The minimum absolute atomic E-state index is 0.0124. The van der Waals surface area contributed by atoms with E-state index < -0.39 is 5.97 Å². The number of rotatable bonds is 4. The summed E-state index contributed by atoms with van der Waals surface area (Å²) in [6, 6.07) is 0. The number of carbonyl (C=O) groups excluding carboxylic acids is 1. The molecule has 4 heteroatoms. The van der Waals surface area contributed by atoms with Gasteiger partial charge in [-0.05, 0) is 12.8 Å². The molecular weight excluding hydrogens is 218 g/mol. The lowest BCUT2D eigenvalue weighted by Gasteiger charge is -2.15. The van der Waals surface area contributed by atoms with E-state index in [2.05, 4.69) is 5.32 Å². The highest BCUT2D eigenvalue weighted by Gasteiger charge is 2.18. The summed E-state index contributed by atoms with van der Waals surface area (Å²) in [7, 11) is 0. The Labute approximate surface area is 103 Å². The van der Waals surface area contributed by atoms with Crippen molar-refractivity contribution >= 4 is 11.9 Å². The minimum Gasteiger partial charge on any atom is -0.481 e. The molecule has 1 amide bonds. The fraction of sp³-hybridized carbons (Fsp3) is 0.846. The van der Waals surface area contributed by atoms with Gasteiger partial charge in [0.05, 0.1) is 6.42 Å². The number of nitrogens with one attached hydrogen (secondary N) is 1. The number of carbonyl (C=O) groups is 2. The predicted octanol–water partition coefficient (Wildman–Crippen LogP) is 2.33. The van der Waals surface area contributed by atoms with Crippen LogP contribution in [0.2, 0.25) is 0 Å². The Morgan fingerprint density at radius 3 is 2.06 bits per heavy atom. The van der Waals surface area contributed by atoms with Crippen LogP contribution >= 0.6 is 0 Å². The van der Waals surface area contributed by atoms with Crippen LogP contribution in [0, 0.1) is 5.92 Å². The highest BCUT2D eigenvalue weighted by atomic mass is 16.4. The second-order valence-electron chi connectivity index (χ2n) is 4.83. The molecule has 0 aromatic carbocycles. The van der Waals surface area contributed by atoms with E-state index in [0.29, 0.717) is 0 Å². The number of aliphatic carboxylic acids is 1. The fourth-order valence-corrected chi connectivity index (χ4v) is 2.33. The number of hydrogen-bond acceptors (Lipinski definition) is 2. The summed E-state index contributed by atoms with van der Waals surface area (Å²) in [6.45, 7) is 0.255. The van der Waals surface area contributed by atoms with Gasteiger partial charge in [-0.25, -0.2) is 0 Å². The van der Waals surface area contributed by atoms with Gasteiger partial charge < -0.3 is 10.4 Å².